The number of carbonyl (C=O) groups is 1. The van der Waals surface area contributed by atoms with Crippen LogP contribution in [0.25, 0.3) is 0 Å². The van der Waals surface area contributed by atoms with E-state index in [4.69, 9.17) is 9.84 Å². The van der Waals surface area contributed by atoms with E-state index in [9.17, 15) is 4.79 Å². The van der Waals surface area contributed by atoms with Crippen LogP contribution in [-0.4, -0.2) is 54.2 Å². The first-order valence-corrected chi connectivity index (χ1v) is 6.42. The van der Waals surface area contributed by atoms with Crippen molar-refractivity contribution >= 4 is 17.7 Å². The maximum Gasteiger partial charge on any atom is 0.239 e. The molecule has 1 aliphatic heterocycles. The van der Waals surface area contributed by atoms with Gasteiger partial charge in [0.05, 0.1) is 11.5 Å². The zero-order chi connectivity index (χ0) is 13.6. The molecule has 0 radical (unpaired) electrons. The number of aliphatic hydroxyl groups is 1. The summed E-state index contributed by atoms with van der Waals surface area (Å²) >= 11 is 1.28. The first-order valence-electron chi connectivity index (χ1n) is 5.54. The number of methoxy groups -OCH3 is 1. The predicted molar refractivity (Wildman–Crippen MR) is 70.5 cm³/mol. The molecule has 0 saturated carbocycles. The van der Waals surface area contributed by atoms with E-state index in [2.05, 4.69) is 5.32 Å². The average Bonchev–Trinajstić information content (AvgIpc) is 2.42. The second-order valence-corrected chi connectivity index (χ2v) is 6.23. The summed E-state index contributed by atoms with van der Waals surface area (Å²) in [5, 5.41) is 11.6. The van der Waals surface area contributed by atoms with Crippen molar-refractivity contribution in [1.82, 2.24) is 10.2 Å². The topological polar surface area (TPSA) is 61.8 Å². The number of hydrogen-bond donors (Lipinski definition) is 2. The standard InChI is InChI=1S/C7H13NO2S.C4H11NO.Ar/c1-4(2)7(3)5(9)8-6(10)11-7;1-5(2)4-6-3;/h4,6,10H,1-3H3,(H,8,9);4H2,1-3H3;. The fraction of sp³-hybridized carbons (Fsp3) is 0.909. The van der Waals surface area contributed by atoms with Gasteiger partial charge in [-0.05, 0) is 26.9 Å². The van der Waals surface area contributed by atoms with Gasteiger partial charge < -0.3 is 15.2 Å². The first-order chi connectivity index (χ1) is 7.74. The molecule has 5 nitrogen and oxygen atoms in total. The summed E-state index contributed by atoms with van der Waals surface area (Å²) in [5.41, 5.74) is -0.727. The third-order valence-corrected chi connectivity index (χ3v) is 4.04. The molecule has 7 heteroatoms. The van der Waals surface area contributed by atoms with E-state index in [0.717, 1.165) is 0 Å². The summed E-state index contributed by atoms with van der Waals surface area (Å²) in [4.78, 5) is 13.2. The van der Waals surface area contributed by atoms with Gasteiger partial charge in [-0.15, -0.1) is 0 Å². The van der Waals surface area contributed by atoms with Crippen molar-refractivity contribution in [2.75, 3.05) is 27.9 Å². The molecule has 1 aliphatic rings. The Labute approximate surface area is 144 Å². The third-order valence-electron chi connectivity index (χ3n) is 2.55. The van der Waals surface area contributed by atoms with Crippen molar-refractivity contribution < 1.29 is 52.4 Å². The molecule has 0 bridgehead atoms. The molecule has 1 heterocycles. The summed E-state index contributed by atoms with van der Waals surface area (Å²) in [6.45, 7) is 6.52. The molecular weight excluding hydrogens is 280 g/mol. The Hall–Kier alpha value is 0.960. The van der Waals surface area contributed by atoms with Crippen molar-refractivity contribution in [2.24, 2.45) is 5.92 Å². The Morgan fingerprint density at radius 1 is 1.56 bits per heavy atom. The van der Waals surface area contributed by atoms with Gasteiger partial charge in [0.2, 0.25) is 5.91 Å². The molecule has 1 amide bonds. The van der Waals surface area contributed by atoms with Crippen molar-refractivity contribution in [3.05, 3.63) is 0 Å². The van der Waals surface area contributed by atoms with Gasteiger partial charge in [0.25, 0.3) is 0 Å². The molecule has 2 N–H and O–H groups in total. The minimum atomic E-state index is -0.727. The molecule has 0 aliphatic carbocycles. The van der Waals surface area contributed by atoms with Gasteiger partial charge in [0, 0.05) is 44.8 Å². The Balaban J connectivity index is 0. The quantitative estimate of drug-likeness (QED) is 0.751. The molecule has 0 spiro atoms. The van der Waals surface area contributed by atoms with Crippen LogP contribution < -0.4 is 5.32 Å². The van der Waals surface area contributed by atoms with Crippen LogP contribution in [0.3, 0.4) is 0 Å². The zero-order valence-corrected chi connectivity index (χ0v) is 13.4. The number of rotatable bonds is 3. The average molecular weight is 304 g/mol. The second-order valence-electron chi connectivity index (χ2n) is 4.70. The molecule has 0 aromatic carbocycles. The number of hydrogen-bond acceptors (Lipinski definition) is 5. The van der Waals surface area contributed by atoms with Crippen molar-refractivity contribution in [1.29, 1.82) is 0 Å². The van der Waals surface area contributed by atoms with E-state index in [1.54, 1.807) is 7.11 Å². The van der Waals surface area contributed by atoms with Crippen LogP contribution in [0, 0.1) is 43.7 Å². The Kier molecular flexibility index (Phi) is 11.6. The summed E-state index contributed by atoms with van der Waals surface area (Å²) in [7, 11) is 5.60. The number of nitrogens with zero attached hydrogens (tertiary/aromatic N) is 1. The molecule has 18 heavy (non-hydrogen) atoms. The van der Waals surface area contributed by atoms with E-state index >= 15 is 0 Å². The maximum atomic E-state index is 11.3. The van der Waals surface area contributed by atoms with E-state index in [1.165, 1.54) is 11.8 Å². The van der Waals surface area contributed by atoms with Crippen LogP contribution >= 0.6 is 11.8 Å². The zero-order valence-electron chi connectivity index (χ0n) is 11.8. The van der Waals surface area contributed by atoms with Gasteiger partial charge in [0.1, 0.15) is 0 Å². The van der Waals surface area contributed by atoms with Crippen LogP contribution in [0.15, 0.2) is 0 Å². The monoisotopic (exact) mass is 304 g/mol. The molecule has 1 saturated heterocycles. The van der Waals surface area contributed by atoms with Crippen LogP contribution in [0.4, 0.5) is 0 Å². The molecule has 110 valence electrons. The van der Waals surface area contributed by atoms with Crippen LogP contribution in [0.5, 0.6) is 0 Å². The Morgan fingerprint density at radius 3 is 2.17 bits per heavy atom. The minimum Gasteiger partial charge on any atom is -0.369 e. The first kappa shape index (κ1) is 21.3. The predicted octanol–water partition coefficient (Wildman–Crippen LogP) is 0.692. The maximum absolute atomic E-state index is 11.3. The fourth-order valence-corrected chi connectivity index (χ4v) is 2.29. The van der Waals surface area contributed by atoms with Gasteiger partial charge in [-0.3, -0.25) is 9.69 Å². The van der Waals surface area contributed by atoms with E-state index in [0.29, 0.717) is 6.73 Å². The number of aliphatic hydroxyl groups excluding tert-OH is 1. The molecule has 1 fully saturated rings. The molecule has 0 aromatic heterocycles. The SMILES string of the molecule is CC(C)C1(C)SC(O)NC1=O.COCN(C)C.[Ar]. The minimum absolute atomic E-state index is 0. The summed E-state index contributed by atoms with van der Waals surface area (Å²) in [6, 6.07) is 0. The van der Waals surface area contributed by atoms with Gasteiger partial charge in [-0.2, -0.15) is 0 Å². The molecule has 2 atom stereocenters. The Bertz CT molecular complexity index is 254. The molecule has 1 rings (SSSR count). The van der Waals surface area contributed by atoms with Crippen molar-refractivity contribution in [3.8, 4) is 0 Å². The van der Waals surface area contributed by atoms with Gasteiger partial charge in [-0.25, -0.2) is 0 Å². The normalized spacial score (nSPS) is 26.5. The third kappa shape index (κ3) is 6.93. The summed E-state index contributed by atoms with van der Waals surface area (Å²) in [5.74, 6) is 0.176. The van der Waals surface area contributed by atoms with Gasteiger partial charge in [0.15, 0.2) is 5.56 Å². The largest absolute Gasteiger partial charge is 0.369 e. The van der Waals surface area contributed by atoms with E-state index in [-0.39, 0.29) is 49.6 Å². The fourth-order valence-electron chi connectivity index (χ4n) is 1.23. The molecule has 2 unspecified atom stereocenters. The van der Waals surface area contributed by atoms with Crippen LogP contribution in [0.1, 0.15) is 20.8 Å². The second kappa shape index (κ2) is 9.80. The van der Waals surface area contributed by atoms with Gasteiger partial charge in [-0.1, -0.05) is 25.6 Å². The van der Waals surface area contributed by atoms with Crippen LogP contribution in [0.2, 0.25) is 0 Å². The van der Waals surface area contributed by atoms with E-state index < -0.39 is 10.3 Å². The summed E-state index contributed by atoms with van der Waals surface area (Å²) in [6.07, 6.45) is 0. The van der Waals surface area contributed by atoms with Crippen molar-refractivity contribution in [3.63, 3.8) is 0 Å². The molecule has 0 aromatic rings. The smallest absolute Gasteiger partial charge is 0.239 e. The number of nitrogens with one attached hydrogen (secondary N) is 1. The Morgan fingerprint density at radius 2 is 2.06 bits per heavy atom. The van der Waals surface area contributed by atoms with Crippen molar-refractivity contribution in [2.45, 2.75) is 31.1 Å². The number of carbonyl (C=O) groups excluding carboxylic acids is 1. The number of ether oxygens (including phenoxy) is 1. The summed E-state index contributed by atoms with van der Waals surface area (Å²) < 4.78 is 4.27. The number of amides is 1. The van der Waals surface area contributed by atoms with E-state index in [1.807, 2.05) is 39.8 Å². The molecular formula is C11H24ArN2O3S. The number of thioether (sulfide) groups is 1. The van der Waals surface area contributed by atoms with Crippen LogP contribution in [-0.2, 0) is 9.53 Å². The van der Waals surface area contributed by atoms with Gasteiger partial charge >= 0.3 is 0 Å².